The van der Waals surface area contributed by atoms with E-state index in [1.54, 1.807) is 48.7 Å². The summed E-state index contributed by atoms with van der Waals surface area (Å²) in [6.07, 6.45) is 1.58. The van der Waals surface area contributed by atoms with E-state index in [4.69, 9.17) is 9.15 Å². The number of amides is 1. The summed E-state index contributed by atoms with van der Waals surface area (Å²) in [6, 6.07) is 14.5. The van der Waals surface area contributed by atoms with Crippen molar-refractivity contribution in [2.45, 2.75) is 19.9 Å². The maximum atomic E-state index is 13.6. The molecular weight excluding hydrogens is 408 g/mol. The number of phenols is 1. The Balaban J connectivity index is 1.81. The lowest BCUT2D eigenvalue weighted by atomic mass is 9.97. The lowest BCUT2D eigenvalue weighted by Gasteiger charge is -2.24. The minimum Gasteiger partial charge on any atom is -0.504 e. The van der Waals surface area contributed by atoms with Gasteiger partial charge in [-0.25, -0.2) is 4.98 Å². The largest absolute Gasteiger partial charge is 0.504 e. The number of phenolic OH excluding ortho intramolecular Hbond substituents is 1. The van der Waals surface area contributed by atoms with Gasteiger partial charge in [0.1, 0.15) is 11.4 Å². The summed E-state index contributed by atoms with van der Waals surface area (Å²) in [5, 5.41) is 10.6. The highest BCUT2D eigenvalue weighted by Gasteiger charge is 2.44. The number of carbonyl (C=O) groups excluding carboxylic acids is 1. The standard InChI is InChI=1S/C25H20N2O5/c1-3-31-19-13-15(8-9-17(19)28)22-21-23(29)16-12-14(2)7-10-18(16)32-24(21)25(30)27(22)20-6-4-5-11-26-20/h4-13,22,28H,3H2,1-2H3. The van der Waals surface area contributed by atoms with Gasteiger partial charge in [0.25, 0.3) is 5.91 Å². The third-order valence-corrected chi connectivity index (χ3v) is 5.52. The van der Waals surface area contributed by atoms with Crippen LogP contribution in [0.1, 0.15) is 40.2 Å². The molecule has 1 atom stereocenters. The van der Waals surface area contributed by atoms with Crippen molar-refractivity contribution >= 4 is 22.7 Å². The van der Waals surface area contributed by atoms with E-state index in [1.165, 1.54) is 11.0 Å². The van der Waals surface area contributed by atoms with Gasteiger partial charge in [-0.1, -0.05) is 23.8 Å². The number of hydrogen-bond acceptors (Lipinski definition) is 6. The number of aromatic hydroxyl groups is 1. The van der Waals surface area contributed by atoms with Crippen LogP contribution in [0.25, 0.3) is 11.0 Å². The topological polar surface area (TPSA) is 92.9 Å². The Labute approximate surface area is 183 Å². The Bertz CT molecular complexity index is 1410. The van der Waals surface area contributed by atoms with Crippen molar-refractivity contribution in [3.8, 4) is 11.5 Å². The van der Waals surface area contributed by atoms with Crippen molar-refractivity contribution in [3.05, 3.63) is 93.5 Å². The van der Waals surface area contributed by atoms with Gasteiger partial charge >= 0.3 is 0 Å². The molecule has 4 aromatic rings. The van der Waals surface area contributed by atoms with Crippen molar-refractivity contribution in [1.29, 1.82) is 0 Å². The number of pyridine rings is 1. The first kappa shape index (κ1) is 19.8. The van der Waals surface area contributed by atoms with E-state index in [1.807, 2.05) is 19.9 Å². The summed E-state index contributed by atoms with van der Waals surface area (Å²) < 4.78 is 11.5. The molecule has 0 bridgehead atoms. The quantitative estimate of drug-likeness (QED) is 0.519. The highest BCUT2D eigenvalue weighted by molar-refractivity contribution is 6.10. The molecule has 0 spiro atoms. The smallest absolute Gasteiger partial charge is 0.296 e. The van der Waals surface area contributed by atoms with Crippen LogP contribution >= 0.6 is 0 Å². The minimum atomic E-state index is -0.784. The van der Waals surface area contributed by atoms with E-state index < -0.39 is 11.9 Å². The van der Waals surface area contributed by atoms with E-state index >= 15 is 0 Å². The first-order chi connectivity index (χ1) is 15.5. The zero-order chi connectivity index (χ0) is 22.4. The van der Waals surface area contributed by atoms with E-state index in [0.717, 1.165) is 5.56 Å². The van der Waals surface area contributed by atoms with Gasteiger partial charge in [0.2, 0.25) is 5.76 Å². The van der Waals surface area contributed by atoms with Crippen LogP contribution in [0.4, 0.5) is 5.82 Å². The van der Waals surface area contributed by atoms with E-state index in [-0.39, 0.29) is 28.3 Å². The van der Waals surface area contributed by atoms with Crippen LogP contribution < -0.4 is 15.1 Å². The van der Waals surface area contributed by atoms with E-state index in [9.17, 15) is 14.7 Å². The number of ether oxygens (including phenoxy) is 1. The summed E-state index contributed by atoms with van der Waals surface area (Å²) in [4.78, 5) is 32.9. The van der Waals surface area contributed by atoms with Gasteiger partial charge < -0.3 is 14.3 Å². The fraction of sp³-hybridized carbons (Fsp3) is 0.160. The molecule has 7 heteroatoms. The van der Waals surface area contributed by atoms with E-state index in [0.29, 0.717) is 29.0 Å². The van der Waals surface area contributed by atoms with Crippen molar-refractivity contribution in [3.63, 3.8) is 0 Å². The predicted octanol–water partition coefficient (Wildman–Crippen LogP) is 4.35. The molecule has 7 nitrogen and oxygen atoms in total. The van der Waals surface area contributed by atoms with Gasteiger partial charge in [0, 0.05) is 6.20 Å². The molecule has 1 aliphatic rings. The van der Waals surface area contributed by atoms with Crippen LogP contribution in [-0.2, 0) is 0 Å². The van der Waals surface area contributed by atoms with Crippen molar-refractivity contribution in [2.75, 3.05) is 11.5 Å². The average molecular weight is 428 g/mol. The van der Waals surface area contributed by atoms with Crippen LogP contribution in [0.5, 0.6) is 11.5 Å². The second-order valence-electron chi connectivity index (χ2n) is 7.60. The minimum absolute atomic E-state index is 0.00644. The van der Waals surface area contributed by atoms with Crippen molar-refractivity contribution in [2.24, 2.45) is 0 Å². The lowest BCUT2D eigenvalue weighted by Crippen LogP contribution is -2.30. The van der Waals surface area contributed by atoms with Crippen molar-refractivity contribution < 1.29 is 19.1 Å². The number of benzene rings is 2. The highest BCUT2D eigenvalue weighted by atomic mass is 16.5. The molecule has 0 aliphatic carbocycles. The maximum absolute atomic E-state index is 13.6. The van der Waals surface area contributed by atoms with Gasteiger partial charge in [-0.2, -0.15) is 0 Å². The molecule has 1 aliphatic heterocycles. The molecule has 5 rings (SSSR count). The number of nitrogens with zero attached hydrogens (tertiary/aromatic N) is 2. The molecule has 1 amide bonds. The molecule has 160 valence electrons. The molecule has 0 saturated heterocycles. The first-order valence-electron chi connectivity index (χ1n) is 10.3. The maximum Gasteiger partial charge on any atom is 0.296 e. The number of aryl methyl sites for hydroxylation is 1. The number of fused-ring (bicyclic) bond motifs is 2. The molecule has 1 unspecified atom stereocenters. The SMILES string of the molecule is CCOc1cc(C2c3c(oc4ccc(C)cc4c3=O)C(=O)N2c2ccccn2)ccc1O. The molecule has 2 aromatic carbocycles. The molecule has 3 heterocycles. The van der Waals surface area contributed by atoms with Gasteiger partial charge in [-0.3, -0.25) is 14.5 Å². The fourth-order valence-corrected chi connectivity index (χ4v) is 4.11. The summed E-state index contributed by atoms with van der Waals surface area (Å²) in [7, 11) is 0. The Morgan fingerprint density at radius 3 is 2.72 bits per heavy atom. The van der Waals surface area contributed by atoms with Gasteiger partial charge in [0.05, 0.1) is 23.6 Å². The normalized spacial score (nSPS) is 15.2. The molecular formula is C25H20N2O5. The summed E-state index contributed by atoms with van der Waals surface area (Å²) >= 11 is 0. The zero-order valence-electron chi connectivity index (χ0n) is 17.5. The Morgan fingerprint density at radius 1 is 1.12 bits per heavy atom. The second-order valence-corrected chi connectivity index (χ2v) is 7.60. The number of carbonyl (C=O) groups is 1. The lowest BCUT2D eigenvalue weighted by molar-refractivity contribution is 0.0970. The van der Waals surface area contributed by atoms with Crippen LogP contribution in [0.2, 0.25) is 0 Å². The summed E-state index contributed by atoms with van der Waals surface area (Å²) in [6.45, 7) is 4.06. The molecule has 2 aromatic heterocycles. The average Bonchev–Trinajstić information content (AvgIpc) is 3.09. The number of anilines is 1. The van der Waals surface area contributed by atoms with Gasteiger partial charge in [-0.05, 0) is 55.8 Å². The molecule has 0 fully saturated rings. The first-order valence-corrected chi connectivity index (χ1v) is 10.3. The van der Waals surface area contributed by atoms with Crippen molar-refractivity contribution in [1.82, 2.24) is 4.98 Å². The summed E-state index contributed by atoms with van der Waals surface area (Å²) in [5.41, 5.74) is 1.84. The number of hydrogen-bond donors (Lipinski definition) is 1. The van der Waals surface area contributed by atoms with Crippen LogP contribution in [0, 0.1) is 6.92 Å². The molecule has 1 N–H and O–H groups in total. The van der Waals surface area contributed by atoms with Crippen LogP contribution in [0.15, 0.2) is 70.0 Å². The van der Waals surface area contributed by atoms with Crippen LogP contribution in [0.3, 0.4) is 0 Å². The second kappa shape index (κ2) is 7.53. The fourth-order valence-electron chi connectivity index (χ4n) is 4.11. The van der Waals surface area contributed by atoms with E-state index in [2.05, 4.69) is 4.98 Å². The third kappa shape index (κ3) is 3.01. The number of aromatic nitrogens is 1. The summed E-state index contributed by atoms with van der Waals surface area (Å²) in [5.74, 6) is 0.181. The zero-order valence-corrected chi connectivity index (χ0v) is 17.5. The molecule has 0 radical (unpaired) electrons. The van der Waals surface area contributed by atoms with Gasteiger partial charge in [0.15, 0.2) is 16.9 Å². The predicted molar refractivity (Wildman–Crippen MR) is 119 cm³/mol. The monoisotopic (exact) mass is 428 g/mol. The van der Waals surface area contributed by atoms with Crippen LogP contribution in [-0.4, -0.2) is 22.6 Å². The number of rotatable bonds is 4. The molecule has 32 heavy (non-hydrogen) atoms. The Kier molecular flexibility index (Phi) is 4.66. The van der Waals surface area contributed by atoms with Gasteiger partial charge in [-0.15, -0.1) is 0 Å². The highest BCUT2D eigenvalue weighted by Crippen LogP contribution is 2.42. The third-order valence-electron chi connectivity index (χ3n) is 5.52. The molecule has 0 saturated carbocycles. The Morgan fingerprint density at radius 2 is 1.97 bits per heavy atom. The Hall–Kier alpha value is -4.13.